The Morgan fingerprint density at radius 1 is 0.735 bits per heavy atom. The van der Waals surface area contributed by atoms with Crippen LogP contribution in [0.5, 0.6) is 0 Å². The van der Waals surface area contributed by atoms with Gasteiger partial charge in [-0.2, -0.15) is 0 Å². The number of amides is 3. The van der Waals surface area contributed by atoms with Gasteiger partial charge in [0.05, 0.1) is 6.42 Å². The lowest BCUT2D eigenvalue weighted by atomic mass is 9.98. The van der Waals surface area contributed by atoms with Crippen molar-refractivity contribution in [3.63, 3.8) is 0 Å². The molecule has 49 heavy (non-hydrogen) atoms. The number of carbonyl (C=O) groups excluding carboxylic acids is 5. The van der Waals surface area contributed by atoms with Gasteiger partial charge < -0.3 is 25.8 Å². The molecule has 0 bridgehead atoms. The fourth-order valence-corrected chi connectivity index (χ4v) is 5.27. The molecule has 0 aliphatic carbocycles. The van der Waals surface area contributed by atoms with Gasteiger partial charge in [-0.1, -0.05) is 122 Å². The predicted octanol–water partition coefficient (Wildman–Crippen LogP) is 6.36. The van der Waals surface area contributed by atoms with Gasteiger partial charge in [0.2, 0.25) is 11.8 Å². The Morgan fingerprint density at radius 2 is 1.29 bits per heavy atom. The van der Waals surface area contributed by atoms with Crippen molar-refractivity contribution in [2.24, 2.45) is 5.92 Å². The number of unbranched alkanes of at least 4 members (excludes halogenated alkanes) is 11. The lowest BCUT2D eigenvalue weighted by Gasteiger charge is -2.25. The lowest BCUT2D eigenvalue weighted by Crippen LogP contribution is -2.56. The molecule has 1 rings (SSSR count). The SMILES string of the molecule is CCCCCCCCCCCCCCC(=O)CC(F)C(=O)[C@H](CC(=O)O)NC(=O)[C@H](C)NC(=O)[C@@H](NC(=O)OCc1ccccc1)C(C)C. The molecule has 1 aromatic rings. The van der Waals surface area contributed by atoms with Crippen molar-refractivity contribution in [2.45, 2.75) is 155 Å². The van der Waals surface area contributed by atoms with E-state index in [4.69, 9.17) is 4.74 Å². The lowest BCUT2D eigenvalue weighted by molar-refractivity contribution is -0.141. The van der Waals surface area contributed by atoms with Crippen LogP contribution in [0.25, 0.3) is 0 Å². The molecule has 0 aliphatic rings. The molecular formula is C37H58FN3O8. The largest absolute Gasteiger partial charge is 0.481 e. The summed E-state index contributed by atoms with van der Waals surface area (Å²) in [5.41, 5.74) is 0.749. The van der Waals surface area contributed by atoms with Crippen molar-refractivity contribution in [1.82, 2.24) is 16.0 Å². The standard InChI is InChI=1S/C37H58FN3O8/c1-5-6-7-8-9-10-11-12-13-14-15-19-22-29(42)23-30(38)34(45)31(24-32(43)44)40-35(46)27(4)39-36(47)33(26(2)3)41-37(48)49-25-28-20-17-16-18-21-28/h16-18,20-21,26-27,30-31,33H,5-15,19,22-25H2,1-4H3,(H,39,47)(H,40,46)(H,41,48)(H,43,44)/t27-,30?,31-,33-/m0/s1. The molecule has 0 spiro atoms. The number of carboxylic acids is 1. The first-order valence-electron chi connectivity index (χ1n) is 17.8. The van der Waals surface area contributed by atoms with E-state index < -0.39 is 78.5 Å². The number of ether oxygens (including phenoxy) is 1. The number of rotatable bonds is 27. The van der Waals surface area contributed by atoms with Gasteiger partial charge in [-0.25, -0.2) is 9.18 Å². The fraction of sp³-hybridized carbons (Fsp3) is 0.676. The zero-order chi connectivity index (χ0) is 36.6. The van der Waals surface area contributed by atoms with E-state index in [1.807, 2.05) is 6.07 Å². The summed E-state index contributed by atoms with van der Waals surface area (Å²) in [4.78, 5) is 74.7. The zero-order valence-corrected chi connectivity index (χ0v) is 29.8. The highest BCUT2D eigenvalue weighted by molar-refractivity contribution is 5.98. The predicted molar refractivity (Wildman–Crippen MR) is 185 cm³/mol. The zero-order valence-electron chi connectivity index (χ0n) is 29.8. The third-order valence-corrected chi connectivity index (χ3v) is 8.25. The number of carboxylic acid groups (broad SMARTS) is 1. The summed E-state index contributed by atoms with van der Waals surface area (Å²) in [5.74, 6) is -5.17. The number of nitrogens with one attached hydrogen (secondary N) is 3. The molecule has 11 nitrogen and oxygen atoms in total. The normalized spacial score (nSPS) is 13.5. The Balaban J connectivity index is 2.52. The number of aliphatic carboxylic acids is 1. The molecule has 3 amide bonds. The number of alkyl carbamates (subject to hydrolysis) is 1. The quantitative estimate of drug-likeness (QED) is 0.0773. The van der Waals surface area contributed by atoms with E-state index in [1.54, 1.807) is 38.1 Å². The Kier molecular flexibility index (Phi) is 22.2. The smallest absolute Gasteiger partial charge is 0.408 e. The highest BCUT2D eigenvalue weighted by Gasteiger charge is 2.33. The molecule has 4 N–H and O–H groups in total. The number of Topliss-reactive ketones (excluding diaryl/α,β-unsaturated/α-hetero) is 2. The van der Waals surface area contributed by atoms with Crippen molar-refractivity contribution in [3.05, 3.63) is 35.9 Å². The van der Waals surface area contributed by atoms with E-state index in [0.717, 1.165) is 31.2 Å². The van der Waals surface area contributed by atoms with Crippen molar-refractivity contribution in [3.8, 4) is 0 Å². The molecule has 0 fully saturated rings. The molecular weight excluding hydrogens is 633 g/mol. The molecule has 0 radical (unpaired) electrons. The number of hydrogen-bond acceptors (Lipinski definition) is 7. The maximum Gasteiger partial charge on any atom is 0.408 e. The summed E-state index contributed by atoms with van der Waals surface area (Å²) in [6, 6.07) is 4.83. The van der Waals surface area contributed by atoms with Crippen LogP contribution in [0.4, 0.5) is 9.18 Å². The van der Waals surface area contributed by atoms with Crippen LogP contribution in [-0.2, 0) is 35.3 Å². The molecule has 0 aromatic heterocycles. The minimum atomic E-state index is -2.28. The molecule has 0 saturated carbocycles. The molecule has 0 aliphatic heterocycles. The Hall–Kier alpha value is -3.83. The van der Waals surface area contributed by atoms with Crippen molar-refractivity contribution in [1.29, 1.82) is 0 Å². The Labute approximate surface area is 290 Å². The van der Waals surface area contributed by atoms with Crippen LogP contribution in [0.15, 0.2) is 30.3 Å². The van der Waals surface area contributed by atoms with Gasteiger partial charge in [0.25, 0.3) is 0 Å². The molecule has 0 saturated heterocycles. The monoisotopic (exact) mass is 691 g/mol. The van der Waals surface area contributed by atoms with Crippen LogP contribution < -0.4 is 16.0 Å². The number of alkyl halides is 1. The summed E-state index contributed by atoms with van der Waals surface area (Å²) < 4.78 is 20.1. The van der Waals surface area contributed by atoms with Crippen LogP contribution in [0.2, 0.25) is 0 Å². The maximum atomic E-state index is 14.9. The second kappa shape index (κ2) is 25.2. The van der Waals surface area contributed by atoms with Gasteiger partial charge in [0.1, 0.15) is 30.5 Å². The van der Waals surface area contributed by atoms with Crippen molar-refractivity contribution >= 4 is 35.4 Å². The Bertz CT molecular complexity index is 1160. The molecule has 1 unspecified atom stereocenters. The van der Waals surface area contributed by atoms with Crippen LogP contribution in [0, 0.1) is 5.92 Å². The van der Waals surface area contributed by atoms with Gasteiger partial charge in [-0.3, -0.25) is 24.0 Å². The summed E-state index contributed by atoms with van der Waals surface area (Å²) >= 11 is 0. The topological polar surface area (TPSA) is 168 Å². The van der Waals surface area contributed by atoms with Gasteiger partial charge in [-0.05, 0) is 24.8 Å². The molecule has 12 heteroatoms. The van der Waals surface area contributed by atoms with Crippen LogP contribution in [0.3, 0.4) is 0 Å². The summed E-state index contributed by atoms with van der Waals surface area (Å²) in [6.45, 7) is 6.84. The van der Waals surface area contributed by atoms with Gasteiger partial charge in [0, 0.05) is 12.8 Å². The number of benzene rings is 1. The third-order valence-electron chi connectivity index (χ3n) is 8.25. The second-order valence-electron chi connectivity index (χ2n) is 13.1. The van der Waals surface area contributed by atoms with Gasteiger partial charge >= 0.3 is 12.1 Å². The van der Waals surface area contributed by atoms with Crippen LogP contribution in [-0.4, -0.2) is 64.8 Å². The highest BCUT2D eigenvalue weighted by Crippen LogP contribution is 2.15. The first kappa shape index (κ1) is 43.2. The number of hydrogen-bond donors (Lipinski definition) is 4. The minimum Gasteiger partial charge on any atom is -0.481 e. The Morgan fingerprint density at radius 3 is 1.82 bits per heavy atom. The first-order valence-corrected chi connectivity index (χ1v) is 17.8. The molecule has 0 heterocycles. The van der Waals surface area contributed by atoms with Crippen LogP contribution >= 0.6 is 0 Å². The number of ketones is 2. The first-order chi connectivity index (χ1) is 23.3. The number of halogens is 1. The minimum absolute atomic E-state index is 0.0164. The van der Waals surface area contributed by atoms with Crippen LogP contribution in [0.1, 0.15) is 130 Å². The summed E-state index contributed by atoms with van der Waals surface area (Å²) in [6.07, 6.45) is 8.89. The van der Waals surface area contributed by atoms with E-state index in [1.165, 1.54) is 51.9 Å². The van der Waals surface area contributed by atoms with E-state index >= 15 is 0 Å². The maximum absolute atomic E-state index is 14.9. The third kappa shape index (κ3) is 19.7. The van der Waals surface area contributed by atoms with Crippen molar-refractivity contribution in [2.75, 3.05) is 0 Å². The van der Waals surface area contributed by atoms with Crippen molar-refractivity contribution < 1.29 is 43.0 Å². The fourth-order valence-electron chi connectivity index (χ4n) is 5.27. The molecule has 1 aromatic carbocycles. The molecule has 276 valence electrons. The second-order valence-corrected chi connectivity index (χ2v) is 13.1. The molecule has 4 atom stereocenters. The van der Waals surface area contributed by atoms with E-state index in [9.17, 15) is 38.3 Å². The van der Waals surface area contributed by atoms with E-state index in [0.29, 0.717) is 6.42 Å². The highest BCUT2D eigenvalue weighted by atomic mass is 19.1. The van der Waals surface area contributed by atoms with Gasteiger partial charge in [-0.15, -0.1) is 0 Å². The van der Waals surface area contributed by atoms with Gasteiger partial charge in [0.15, 0.2) is 12.0 Å². The number of carbonyl (C=O) groups is 6. The average molecular weight is 692 g/mol. The van der Waals surface area contributed by atoms with E-state index in [2.05, 4.69) is 22.9 Å². The summed E-state index contributed by atoms with van der Waals surface area (Å²) in [7, 11) is 0. The van der Waals surface area contributed by atoms with E-state index in [-0.39, 0.29) is 13.0 Å². The average Bonchev–Trinajstić information content (AvgIpc) is 3.05. The summed E-state index contributed by atoms with van der Waals surface area (Å²) in [5, 5.41) is 16.4.